The molecule has 0 aromatic carbocycles. The van der Waals surface area contributed by atoms with E-state index in [9.17, 15) is 4.79 Å². The molecule has 1 aliphatic rings. The van der Waals surface area contributed by atoms with Gasteiger partial charge in [-0.3, -0.25) is 0 Å². The second-order valence-corrected chi connectivity index (χ2v) is 11.3. The van der Waals surface area contributed by atoms with Gasteiger partial charge in [0.2, 0.25) is 0 Å². The average Bonchev–Trinajstić information content (AvgIpc) is 2.43. The van der Waals surface area contributed by atoms with Crippen molar-refractivity contribution < 1.29 is 18.7 Å². The van der Waals surface area contributed by atoms with Crippen molar-refractivity contribution in [1.29, 1.82) is 0 Å². The minimum absolute atomic E-state index is 0.263. The number of ether oxygens (including phenoxy) is 2. The summed E-state index contributed by atoms with van der Waals surface area (Å²) in [6.45, 7) is 11.4. The molecule has 1 rings (SSSR count). The van der Waals surface area contributed by atoms with Crippen LogP contribution >= 0.6 is 0 Å². The van der Waals surface area contributed by atoms with Crippen molar-refractivity contribution in [2.24, 2.45) is 0 Å². The Morgan fingerprint density at radius 2 is 2.15 bits per heavy atom. The molecule has 1 saturated heterocycles. The van der Waals surface area contributed by atoms with Crippen LogP contribution in [0.4, 0.5) is 0 Å². The summed E-state index contributed by atoms with van der Waals surface area (Å²) in [4.78, 5) is 11.0. The quantitative estimate of drug-likeness (QED) is 0.298. The SMILES string of the molecule is C=CC(=O)OCCC[SiH](C)C1(O[SiH](C)C)CCCCO1. The molecule has 0 saturated carbocycles. The fourth-order valence-corrected chi connectivity index (χ4v) is 7.68. The molecule has 2 unspecified atom stereocenters. The van der Waals surface area contributed by atoms with Crippen molar-refractivity contribution in [3.63, 3.8) is 0 Å². The van der Waals surface area contributed by atoms with E-state index in [-0.39, 0.29) is 11.4 Å². The molecule has 20 heavy (non-hydrogen) atoms. The number of hydrogen-bond acceptors (Lipinski definition) is 4. The molecule has 0 amide bonds. The third-order valence-electron chi connectivity index (χ3n) is 3.64. The zero-order valence-corrected chi connectivity index (χ0v) is 15.3. The van der Waals surface area contributed by atoms with Crippen molar-refractivity contribution in [3.8, 4) is 0 Å². The van der Waals surface area contributed by atoms with Crippen molar-refractivity contribution >= 4 is 23.8 Å². The van der Waals surface area contributed by atoms with Crippen LogP contribution in [-0.2, 0) is 18.7 Å². The maximum absolute atomic E-state index is 11.0. The Hall–Kier alpha value is -0.436. The topological polar surface area (TPSA) is 44.8 Å². The van der Waals surface area contributed by atoms with Crippen LogP contribution in [0.5, 0.6) is 0 Å². The lowest BCUT2D eigenvalue weighted by Gasteiger charge is -2.43. The second kappa shape index (κ2) is 8.76. The molecule has 0 aliphatic carbocycles. The zero-order valence-electron chi connectivity index (χ0n) is 13.0. The van der Waals surface area contributed by atoms with Gasteiger partial charge in [0.25, 0.3) is 0 Å². The zero-order chi connectivity index (χ0) is 15.0. The molecule has 0 aromatic heterocycles. The Bertz CT molecular complexity index is 314. The summed E-state index contributed by atoms with van der Waals surface area (Å²) in [7, 11) is -2.29. The smallest absolute Gasteiger partial charge is 0.330 e. The first-order valence-corrected chi connectivity index (χ1v) is 12.9. The Morgan fingerprint density at radius 3 is 2.70 bits per heavy atom. The van der Waals surface area contributed by atoms with Crippen LogP contribution in [0.3, 0.4) is 0 Å². The molecule has 4 nitrogen and oxygen atoms in total. The lowest BCUT2D eigenvalue weighted by Crippen LogP contribution is -2.53. The molecular weight excluding hydrogens is 288 g/mol. The molecule has 0 aromatic rings. The molecule has 0 spiro atoms. The normalized spacial score (nSPS) is 24.4. The van der Waals surface area contributed by atoms with Crippen molar-refractivity contribution in [3.05, 3.63) is 12.7 Å². The Labute approximate surface area is 125 Å². The van der Waals surface area contributed by atoms with E-state index in [4.69, 9.17) is 13.9 Å². The first-order valence-electron chi connectivity index (χ1n) is 7.61. The van der Waals surface area contributed by atoms with Crippen molar-refractivity contribution in [2.75, 3.05) is 13.2 Å². The van der Waals surface area contributed by atoms with Gasteiger partial charge < -0.3 is 13.9 Å². The minimum atomic E-state index is -1.17. The number of esters is 1. The summed E-state index contributed by atoms with van der Waals surface area (Å²) in [5.74, 6) is -0.339. The van der Waals surface area contributed by atoms with E-state index in [0.717, 1.165) is 31.9 Å². The average molecular weight is 317 g/mol. The second-order valence-electron chi connectivity index (χ2n) is 5.70. The summed E-state index contributed by atoms with van der Waals surface area (Å²) in [6, 6.07) is 1.07. The Kier molecular flexibility index (Phi) is 7.72. The van der Waals surface area contributed by atoms with Gasteiger partial charge in [0.05, 0.1) is 6.61 Å². The minimum Gasteiger partial charge on any atom is -0.463 e. The van der Waals surface area contributed by atoms with E-state index in [1.807, 2.05) is 0 Å². The highest BCUT2D eigenvalue weighted by Gasteiger charge is 2.40. The fourth-order valence-electron chi connectivity index (χ4n) is 2.63. The summed E-state index contributed by atoms with van der Waals surface area (Å²) in [6.07, 6.45) is 5.48. The van der Waals surface area contributed by atoms with E-state index in [1.165, 1.54) is 12.5 Å². The number of rotatable bonds is 8. The van der Waals surface area contributed by atoms with Crippen LogP contribution < -0.4 is 0 Å². The predicted molar refractivity (Wildman–Crippen MR) is 86.1 cm³/mol. The summed E-state index contributed by atoms with van der Waals surface area (Å²) < 4.78 is 17.4. The number of carbonyl (C=O) groups is 1. The molecule has 1 aliphatic heterocycles. The number of hydrogen-bond donors (Lipinski definition) is 0. The third-order valence-corrected chi connectivity index (χ3v) is 8.15. The first-order chi connectivity index (χ1) is 9.50. The van der Waals surface area contributed by atoms with Gasteiger partial charge in [-0.25, -0.2) is 4.79 Å². The van der Waals surface area contributed by atoms with Crippen LogP contribution in [0.1, 0.15) is 25.7 Å². The lowest BCUT2D eigenvalue weighted by molar-refractivity contribution is -0.151. The molecule has 0 bridgehead atoms. The van der Waals surface area contributed by atoms with E-state index in [1.54, 1.807) is 0 Å². The van der Waals surface area contributed by atoms with Gasteiger partial charge in [-0.2, -0.15) is 0 Å². The standard InChI is InChI=1S/C14H28O4Si2/c1-5-13(15)16-10-8-12-20(4)14(18-19(2)3)9-6-7-11-17-14/h5,19-20H,1,6-12H2,2-4H3. The number of carbonyl (C=O) groups excluding carboxylic acids is 1. The van der Waals surface area contributed by atoms with Gasteiger partial charge in [-0.1, -0.05) is 19.2 Å². The van der Waals surface area contributed by atoms with Crippen LogP contribution in [0.15, 0.2) is 12.7 Å². The summed E-state index contributed by atoms with van der Waals surface area (Å²) in [5, 5.41) is 0. The Morgan fingerprint density at radius 1 is 1.40 bits per heavy atom. The molecule has 0 radical (unpaired) electrons. The molecule has 116 valence electrons. The maximum atomic E-state index is 11.0. The van der Waals surface area contributed by atoms with Gasteiger partial charge in [0.15, 0.2) is 9.04 Å². The fraction of sp³-hybridized carbons (Fsp3) is 0.786. The third kappa shape index (κ3) is 5.51. The Balaban J connectivity index is 2.44. The van der Waals surface area contributed by atoms with Crippen LogP contribution in [0.25, 0.3) is 0 Å². The molecular formula is C14H28O4Si2. The molecule has 2 atom stereocenters. The predicted octanol–water partition coefficient (Wildman–Crippen LogP) is 2.40. The van der Waals surface area contributed by atoms with Crippen molar-refractivity contribution in [1.82, 2.24) is 0 Å². The monoisotopic (exact) mass is 316 g/mol. The highest BCUT2D eigenvalue weighted by atomic mass is 28.3. The summed E-state index contributed by atoms with van der Waals surface area (Å²) >= 11 is 0. The van der Waals surface area contributed by atoms with E-state index in [2.05, 4.69) is 26.2 Å². The van der Waals surface area contributed by atoms with Gasteiger partial charge >= 0.3 is 5.97 Å². The van der Waals surface area contributed by atoms with Gasteiger partial charge in [-0.15, -0.1) is 0 Å². The van der Waals surface area contributed by atoms with Gasteiger partial charge in [0, 0.05) is 12.7 Å². The van der Waals surface area contributed by atoms with Crippen LogP contribution in [0, 0.1) is 0 Å². The summed E-state index contributed by atoms with van der Waals surface area (Å²) in [5.41, 5.74) is -0.263. The molecule has 0 N–H and O–H groups in total. The van der Waals surface area contributed by atoms with E-state index < -0.39 is 17.8 Å². The maximum Gasteiger partial charge on any atom is 0.330 e. The van der Waals surface area contributed by atoms with Gasteiger partial charge in [0.1, 0.15) is 14.2 Å². The lowest BCUT2D eigenvalue weighted by atomic mass is 10.2. The van der Waals surface area contributed by atoms with E-state index >= 15 is 0 Å². The first kappa shape index (κ1) is 17.6. The van der Waals surface area contributed by atoms with Crippen LogP contribution in [-0.4, -0.2) is 42.4 Å². The highest BCUT2D eigenvalue weighted by Crippen LogP contribution is 2.31. The molecule has 6 heteroatoms. The van der Waals surface area contributed by atoms with Crippen molar-refractivity contribution in [2.45, 2.75) is 56.8 Å². The van der Waals surface area contributed by atoms with Gasteiger partial charge in [-0.05, 0) is 38.8 Å². The largest absolute Gasteiger partial charge is 0.463 e. The molecule has 1 heterocycles. The molecule has 1 fully saturated rings. The van der Waals surface area contributed by atoms with Crippen LogP contribution in [0.2, 0.25) is 25.7 Å². The highest BCUT2D eigenvalue weighted by molar-refractivity contribution is 6.61. The van der Waals surface area contributed by atoms with E-state index in [0.29, 0.717) is 6.61 Å².